The van der Waals surface area contributed by atoms with Crippen molar-refractivity contribution in [1.29, 1.82) is 0 Å². The molecule has 1 atom stereocenters. The van der Waals surface area contributed by atoms with Gasteiger partial charge in [-0.15, -0.1) is 22.9 Å². The summed E-state index contributed by atoms with van der Waals surface area (Å²) in [7, 11) is 0. The fraction of sp³-hybridized carbons (Fsp3) is 0.545. The van der Waals surface area contributed by atoms with Crippen molar-refractivity contribution in [2.45, 2.75) is 12.8 Å². The lowest BCUT2D eigenvalue weighted by Crippen LogP contribution is -2.28. The Labute approximate surface area is 109 Å². The normalized spacial score (nSPS) is 20.4. The predicted molar refractivity (Wildman–Crippen MR) is 68.7 cm³/mol. The Kier molecular flexibility index (Phi) is 4.11. The van der Waals surface area contributed by atoms with Crippen molar-refractivity contribution in [2.75, 3.05) is 19.0 Å². The van der Waals surface area contributed by atoms with E-state index in [1.54, 1.807) is 12.1 Å². The molecule has 88 valence electrons. The summed E-state index contributed by atoms with van der Waals surface area (Å²) in [4.78, 5) is 14.7. The molecule has 1 amide bonds. The van der Waals surface area contributed by atoms with Crippen LogP contribution in [-0.4, -0.2) is 29.8 Å². The first-order valence-electron chi connectivity index (χ1n) is 5.31. The van der Waals surface area contributed by atoms with Crippen molar-refractivity contribution in [3.8, 4) is 0 Å². The number of alkyl halides is 1. The topological polar surface area (TPSA) is 20.3 Å². The third kappa shape index (κ3) is 2.70. The fourth-order valence-electron chi connectivity index (χ4n) is 1.99. The van der Waals surface area contributed by atoms with E-state index in [4.69, 9.17) is 23.2 Å². The van der Waals surface area contributed by atoms with Gasteiger partial charge in [-0.25, -0.2) is 0 Å². The van der Waals surface area contributed by atoms with E-state index in [2.05, 4.69) is 0 Å². The molecule has 1 aromatic rings. The number of likely N-dealkylation sites (tertiary alicyclic amines) is 1. The van der Waals surface area contributed by atoms with Crippen LogP contribution in [0.3, 0.4) is 0 Å². The molecule has 1 aliphatic rings. The Morgan fingerprint density at radius 2 is 2.38 bits per heavy atom. The average molecular weight is 278 g/mol. The Morgan fingerprint density at radius 1 is 1.56 bits per heavy atom. The molecular formula is C11H13Cl2NOS. The van der Waals surface area contributed by atoms with Gasteiger partial charge in [0.1, 0.15) is 0 Å². The van der Waals surface area contributed by atoms with Crippen molar-refractivity contribution < 1.29 is 4.79 Å². The quantitative estimate of drug-likeness (QED) is 0.775. The molecule has 0 aliphatic carbocycles. The highest BCUT2D eigenvalue weighted by Crippen LogP contribution is 2.26. The molecular weight excluding hydrogens is 265 g/mol. The summed E-state index contributed by atoms with van der Waals surface area (Å²) in [6, 6.07) is 3.57. The van der Waals surface area contributed by atoms with E-state index < -0.39 is 0 Å². The van der Waals surface area contributed by atoms with Crippen LogP contribution in [0.5, 0.6) is 0 Å². The number of hydrogen-bond donors (Lipinski definition) is 0. The Hall–Kier alpha value is -0.250. The second-order valence-electron chi connectivity index (χ2n) is 3.99. The van der Waals surface area contributed by atoms with Crippen LogP contribution in [0.15, 0.2) is 12.1 Å². The smallest absolute Gasteiger partial charge is 0.263 e. The minimum absolute atomic E-state index is 0.106. The second kappa shape index (κ2) is 5.39. The molecule has 2 rings (SSSR count). The maximum absolute atomic E-state index is 12.1. The van der Waals surface area contributed by atoms with E-state index in [0.717, 1.165) is 30.8 Å². The average Bonchev–Trinajstić information content (AvgIpc) is 2.87. The minimum Gasteiger partial charge on any atom is -0.338 e. The Morgan fingerprint density at radius 3 is 3.00 bits per heavy atom. The highest BCUT2D eigenvalue weighted by Gasteiger charge is 2.27. The van der Waals surface area contributed by atoms with Crippen LogP contribution >= 0.6 is 34.5 Å². The van der Waals surface area contributed by atoms with Gasteiger partial charge < -0.3 is 4.90 Å². The second-order valence-corrected chi connectivity index (χ2v) is 6.08. The molecule has 1 aromatic heterocycles. The van der Waals surface area contributed by atoms with Gasteiger partial charge in [-0.3, -0.25) is 4.79 Å². The molecule has 2 heterocycles. The number of amides is 1. The van der Waals surface area contributed by atoms with Crippen LogP contribution in [0.2, 0.25) is 4.34 Å². The molecule has 1 fully saturated rings. The molecule has 5 heteroatoms. The first-order valence-corrected chi connectivity index (χ1v) is 7.04. The maximum atomic E-state index is 12.1. The minimum atomic E-state index is 0.106. The first-order chi connectivity index (χ1) is 7.70. The zero-order valence-electron chi connectivity index (χ0n) is 8.79. The van der Waals surface area contributed by atoms with E-state index in [9.17, 15) is 4.79 Å². The van der Waals surface area contributed by atoms with Crippen molar-refractivity contribution in [1.82, 2.24) is 4.90 Å². The third-order valence-electron chi connectivity index (χ3n) is 2.87. The van der Waals surface area contributed by atoms with Crippen molar-refractivity contribution >= 4 is 40.4 Å². The SMILES string of the molecule is O=C(c1ccc(Cl)s1)N1CCC(CCCl)C1. The molecule has 16 heavy (non-hydrogen) atoms. The molecule has 2 nitrogen and oxygen atoms in total. The van der Waals surface area contributed by atoms with Gasteiger partial charge >= 0.3 is 0 Å². The van der Waals surface area contributed by atoms with Gasteiger partial charge in [-0.2, -0.15) is 0 Å². The summed E-state index contributed by atoms with van der Waals surface area (Å²) in [6.07, 6.45) is 2.06. The Bertz CT molecular complexity index is 380. The standard InChI is InChI=1S/C11H13Cl2NOS/c12-5-3-8-4-6-14(7-8)11(15)9-1-2-10(13)16-9/h1-2,8H,3-7H2. The summed E-state index contributed by atoms with van der Waals surface area (Å²) >= 11 is 12.9. The summed E-state index contributed by atoms with van der Waals surface area (Å²) < 4.78 is 0.667. The molecule has 1 saturated heterocycles. The predicted octanol–water partition coefficient (Wildman–Crippen LogP) is 3.49. The molecule has 0 spiro atoms. The number of carbonyl (C=O) groups excluding carboxylic acids is 1. The number of thiophene rings is 1. The lowest BCUT2D eigenvalue weighted by atomic mass is 10.1. The highest BCUT2D eigenvalue weighted by atomic mass is 35.5. The molecule has 1 unspecified atom stereocenters. The van der Waals surface area contributed by atoms with E-state index in [1.165, 1.54) is 11.3 Å². The van der Waals surface area contributed by atoms with E-state index in [0.29, 0.717) is 16.1 Å². The maximum Gasteiger partial charge on any atom is 0.263 e. The molecule has 0 saturated carbocycles. The van der Waals surface area contributed by atoms with Crippen LogP contribution in [0.4, 0.5) is 0 Å². The molecule has 0 aromatic carbocycles. The van der Waals surface area contributed by atoms with Crippen molar-refractivity contribution in [2.24, 2.45) is 5.92 Å². The van der Waals surface area contributed by atoms with Gasteiger partial charge in [0.15, 0.2) is 0 Å². The number of rotatable bonds is 3. The molecule has 0 radical (unpaired) electrons. The zero-order valence-corrected chi connectivity index (χ0v) is 11.1. The third-order valence-corrected chi connectivity index (χ3v) is 4.31. The van der Waals surface area contributed by atoms with Gasteiger partial charge in [0, 0.05) is 19.0 Å². The van der Waals surface area contributed by atoms with E-state index >= 15 is 0 Å². The van der Waals surface area contributed by atoms with E-state index in [1.807, 2.05) is 4.90 Å². The van der Waals surface area contributed by atoms with Gasteiger partial charge in [-0.05, 0) is 30.9 Å². The fourth-order valence-corrected chi connectivity index (χ4v) is 3.31. The zero-order chi connectivity index (χ0) is 11.5. The van der Waals surface area contributed by atoms with Gasteiger partial charge in [-0.1, -0.05) is 11.6 Å². The largest absolute Gasteiger partial charge is 0.338 e. The number of hydrogen-bond acceptors (Lipinski definition) is 2. The van der Waals surface area contributed by atoms with Crippen molar-refractivity contribution in [3.63, 3.8) is 0 Å². The molecule has 0 bridgehead atoms. The number of nitrogens with zero attached hydrogens (tertiary/aromatic N) is 1. The first kappa shape index (κ1) is 12.2. The lowest BCUT2D eigenvalue weighted by molar-refractivity contribution is 0.0791. The summed E-state index contributed by atoms with van der Waals surface area (Å²) in [5, 5.41) is 0. The number of halogens is 2. The summed E-state index contributed by atoms with van der Waals surface area (Å²) in [5.41, 5.74) is 0. The number of carbonyl (C=O) groups is 1. The van der Waals surface area contributed by atoms with E-state index in [-0.39, 0.29) is 5.91 Å². The molecule has 0 N–H and O–H groups in total. The van der Waals surface area contributed by atoms with Gasteiger partial charge in [0.25, 0.3) is 5.91 Å². The monoisotopic (exact) mass is 277 g/mol. The van der Waals surface area contributed by atoms with Crippen LogP contribution in [-0.2, 0) is 0 Å². The highest BCUT2D eigenvalue weighted by molar-refractivity contribution is 7.17. The summed E-state index contributed by atoms with van der Waals surface area (Å²) in [5.74, 6) is 1.35. The van der Waals surface area contributed by atoms with Gasteiger partial charge in [0.05, 0.1) is 9.21 Å². The van der Waals surface area contributed by atoms with Crippen LogP contribution < -0.4 is 0 Å². The lowest BCUT2D eigenvalue weighted by Gasteiger charge is -2.15. The van der Waals surface area contributed by atoms with Gasteiger partial charge in [0.2, 0.25) is 0 Å². The van der Waals surface area contributed by atoms with Crippen LogP contribution in [0, 0.1) is 5.92 Å². The van der Waals surface area contributed by atoms with Crippen LogP contribution in [0.25, 0.3) is 0 Å². The summed E-state index contributed by atoms with van der Waals surface area (Å²) in [6.45, 7) is 1.68. The Balaban J connectivity index is 1.97. The van der Waals surface area contributed by atoms with Crippen LogP contribution in [0.1, 0.15) is 22.5 Å². The molecule has 1 aliphatic heterocycles. The van der Waals surface area contributed by atoms with Crippen molar-refractivity contribution in [3.05, 3.63) is 21.3 Å².